The van der Waals surface area contributed by atoms with Crippen LogP contribution >= 0.6 is 0 Å². The van der Waals surface area contributed by atoms with E-state index in [2.05, 4.69) is 19.9 Å². The molecule has 0 aliphatic carbocycles. The third kappa shape index (κ3) is 3.34. The Kier molecular flexibility index (Phi) is 4.67. The molecule has 2 aromatic rings. The highest BCUT2D eigenvalue weighted by Crippen LogP contribution is 2.26. The van der Waals surface area contributed by atoms with E-state index in [0.717, 1.165) is 12.8 Å². The lowest BCUT2D eigenvalue weighted by molar-refractivity contribution is 0.124. The van der Waals surface area contributed by atoms with Gasteiger partial charge in [-0.05, 0) is 12.8 Å². The summed E-state index contributed by atoms with van der Waals surface area (Å²) in [6, 6.07) is 0. The number of imidazole rings is 1. The van der Waals surface area contributed by atoms with Crippen molar-refractivity contribution in [1.29, 1.82) is 0 Å². The second kappa shape index (κ2) is 6.73. The Morgan fingerprint density at radius 2 is 2.12 bits per heavy atom. The Bertz CT molecular complexity index is 778. The Labute approximate surface area is 140 Å². The average molecular weight is 352 g/mol. The first kappa shape index (κ1) is 16.7. The summed E-state index contributed by atoms with van der Waals surface area (Å²) in [5, 5.41) is 0.0941. The molecule has 1 unspecified atom stereocenters. The summed E-state index contributed by atoms with van der Waals surface area (Å²) in [6.07, 6.45) is 7.03. The second-order valence-electron chi connectivity index (χ2n) is 5.74. The molecule has 0 bridgehead atoms. The van der Waals surface area contributed by atoms with Gasteiger partial charge in [0.05, 0.1) is 19.1 Å². The first-order valence-electron chi connectivity index (χ1n) is 7.62. The topological polar surface area (TPSA) is 104 Å². The first-order valence-corrected chi connectivity index (χ1v) is 9.06. The Morgan fingerprint density at radius 1 is 1.33 bits per heavy atom. The van der Waals surface area contributed by atoms with Crippen LogP contribution in [0.3, 0.4) is 0 Å². The molecule has 1 saturated heterocycles. The third-order valence-electron chi connectivity index (χ3n) is 3.78. The van der Waals surface area contributed by atoms with Gasteiger partial charge >= 0.3 is 0 Å². The molecule has 0 amide bonds. The summed E-state index contributed by atoms with van der Waals surface area (Å²) in [5.74, 6) is 1.03. The fourth-order valence-electron chi connectivity index (χ4n) is 2.61. The fraction of sp³-hybridized carbons (Fsp3) is 0.500. The molecule has 130 valence electrons. The van der Waals surface area contributed by atoms with Crippen molar-refractivity contribution in [3.8, 4) is 5.88 Å². The van der Waals surface area contributed by atoms with Crippen molar-refractivity contribution in [3.05, 3.63) is 24.9 Å². The van der Waals surface area contributed by atoms with Gasteiger partial charge in [0.2, 0.25) is 0 Å². The number of sulfonamides is 1. The number of H-pyrrole nitrogens is 1. The molecule has 0 radical (unpaired) electrons. The van der Waals surface area contributed by atoms with Gasteiger partial charge in [-0.3, -0.25) is 0 Å². The predicted octanol–water partition coefficient (Wildman–Crippen LogP) is 0.498. The van der Waals surface area contributed by atoms with Crippen molar-refractivity contribution >= 4 is 15.8 Å². The van der Waals surface area contributed by atoms with Crippen LogP contribution in [0.5, 0.6) is 5.88 Å². The van der Waals surface area contributed by atoms with Gasteiger partial charge in [0.15, 0.2) is 10.8 Å². The summed E-state index contributed by atoms with van der Waals surface area (Å²) in [5.41, 5.74) is 0. The molecule has 3 rings (SSSR count). The average Bonchev–Trinajstić information content (AvgIpc) is 3.11. The Balaban J connectivity index is 1.75. The number of hydrogen-bond acceptors (Lipinski definition) is 7. The van der Waals surface area contributed by atoms with Gasteiger partial charge in [0.1, 0.15) is 6.10 Å². The lowest BCUT2D eigenvalue weighted by Gasteiger charge is -2.31. The fourth-order valence-corrected chi connectivity index (χ4v) is 4.01. The van der Waals surface area contributed by atoms with E-state index in [-0.39, 0.29) is 17.7 Å². The van der Waals surface area contributed by atoms with Crippen molar-refractivity contribution < 1.29 is 13.2 Å². The Morgan fingerprint density at radius 3 is 2.83 bits per heavy atom. The van der Waals surface area contributed by atoms with Crippen LogP contribution < -0.4 is 9.64 Å². The quantitative estimate of drug-likeness (QED) is 0.835. The smallest absolute Gasteiger partial charge is 0.260 e. The van der Waals surface area contributed by atoms with E-state index < -0.39 is 10.0 Å². The number of hydrogen-bond donors (Lipinski definition) is 1. The van der Waals surface area contributed by atoms with E-state index in [1.54, 1.807) is 12.4 Å². The van der Waals surface area contributed by atoms with Crippen LogP contribution in [-0.2, 0) is 10.0 Å². The molecule has 2 aromatic heterocycles. The molecule has 9 nitrogen and oxygen atoms in total. The van der Waals surface area contributed by atoms with Crippen molar-refractivity contribution in [1.82, 2.24) is 24.2 Å². The number of piperidine rings is 1. The molecule has 0 aromatic carbocycles. The summed E-state index contributed by atoms with van der Waals surface area (Å²) in [7, 11) is 0.126. The minimum atomic E-state index is -3.58. The molecule has 1 aliphatic heterocycles. The molecular formula is C14H20N6O3S. The zero-order valence-corrected chi connectivity index (χ0v) is 14.4. The molecule has 24 heavy (non-hydrogen) atoms. The van der Waals surface area contributed by atoms with Crippen LogP contribution in [0.1, 0.15) is 12.8 Å². The number of anilines is 1. The van der Waals surface area contributed by atoms with Gasteiger partial charge in [-0.15, -0.1) is 0 Å². The zero-order chi connectivity index (χ0) is 17.2. The lowest BCUT2D eigenvalue weighted by atomic mass is 10.1. The second-order valence-corrected chi connectivity index (χ2v) is 7.65. The summed E-state index contributed by atoms with van der Waals surface area (Å²) < 4.78 is 32.5. The summed E-state index contributed by atoms with van der Waals surface area (Å²) in [6.45, 7) is 0.729. The monoisotopic (exact) mass is 352 g/mol. The van der Waals surface area contributed by atoms with Crippen LogP contribution in [0.15, 0.2) is 29.9 Å². The maximum Gasteiger partial charge on any atom is 0.260 e. The van der Waals surface area contributed by atoms with E-state index in [9.17, 15) is 8.42 Å². The molecule has 1 atom stereocenters. The number of aromatic nitrogens is 4. The summed E-state index contributed by atoms with van der Waals surface area (Å²) in [4.78, 5) is 16.7. The van der Waals surface area contributed by atoms with Gasteiger partial charge < -0.3 is 14.6 Å². The molecule has 1 N–H and O–H groups in total. The van der Waals surface area contributed by atoms with Crippen molar-refractivity contribution in [2.24, 2.45) is 0 Å². The molecule has 10 heteroatoms. The van der Waals surface area contributed by atoms with Crippen molar-refractivity contribution in [2.75, 3.05) is 32.1 Å². The predicted molar refractivity (Wildman–Crippen MR) is 87.4 cm³/mol. The molecular weight excluding hydrogens is 332 g/mol. The molecule has 1 fully saturated rings. The number of nitrogens with zero attached hydrogens (tertiary/aromatic N) is 5. The molecule has 1 aliphatic rings. The van der Waals surface area contributed by atoms with Gasteiger partial charge in [0.25, 0.3) is 15.9 Å². The van der Waals surface area contributed by atoms with Crippen LogP contribution in [0.4, 0.5) is 5.82 Å². The van der Waals surface area contributed by atoms with Crippen LogP contribution in [0.2, 0.25) is 0 Å². The standard InChI is InChI=1S/C14H20N6O3S/c1-19(2)13-14(17-6-5-16-13)23-11-4-3-7-20(9-11)24(21,22)12-8-15-10-18-12/h5-6,8,10-11H,3-4,7,9H2,1-2H3,(H,15,18). The van der Waals surface area contributed by atoms with Crippen LogP contribution in [0, 0.1) is 0 Å². The highest BCUT2D eigenvalue weighted by Gasteiger charge is 2.32. The van der Waals surface area contributed by atoms with E-state index in [1.165, 1.54) is 16.8 Å². The zero-order valence-electron chi connectivity index (χ0n) is 13.6. The van der Waals surface area contributed by atoms with Gasteiger partial charge in [0, 0.05) is 33.0 Å². The maximum absolute atomic E-state index is 12.6. The first-order chi connectivity index (χ1) is 11.5. The van der Waals surface area contributed by atoms with Gasteiger partial charge in [-0.2, -0.15) is 4.31 Å². The van der Waals surface area contributed by atoms with Crippen LogP contribution in [0.25, 0.3) is 0 Å². The van der Waals surface area contributed by atoms with Crippen LogP contribution in [-0.4, -0.2) is 65.9 Å². The van der Waals surface area contributed by atoms with E-state index in [4.69, 9.17) is 4.74 Å². The van der Waals surface area contributed by atoms with Gasteiger partial charge in [-0.25, -0.2) is 23.4 Å². The van der Waals surface area contributed by atoms with Crippen molar-refractivity contribution in [3.63, 3.8) is 0 Å². The number of rotatable bonds is 5. The highest BCUT2D eigenvalue weighted by atomic mass is 32.2. The van der Waals surface area contributed by atoms with Crippen molar-refractivity contribution in [2.45, 2.75) is 24.0 Å². The molecule has 3 heterocycles. The summed E-state index contributed by atoms with van der Waals surface area (Å²) >= 11 is 0. The largest absolute Gasteiger partial charge is 0.470 e. The van der Waals surface area contributed by atoms with E-state index >= 15 is 0 Å². The normalized spacial score (nSPS) is 19.2. The number of ether oxygens (including phenoxy) is 1. The van der Waals surface area contributed by atoms with E-state index in [1.807, 2.05) is 19.0 Å². The number of nitrogens with one attached hydrogen (secondary N) is 1. The van der Waals surface area contributed by atoms with Gasteiger partial charge in [-0.1, -0.05) is 0 Å². The number of aromatic amines is 1. The van der Waals surface area contributed by atoms with E-state index in [0.29, 0.717) is 18.2 Å². The Hall–Kier alpha value is -2.20. The minimum absolute atomic E-state index is 0.0941. The minimum Gasteiger partial charge on any atom is -0.470 e. The third-order valence-corrected chi connectivity index (χ3v) is 5.57. The molecule has 0 saturated carbocycles. The SMILES string of the molecule is CN(C)c1nccnc1OC1CCCN(S(=O)(=O)c2cnc[nH]2)C1. The maximum atomic E-state index is 12.6. The highest BCUT2D eigenvalue weighted by molar-refractivity contribution is 7.89. The molecule has 0 spiro atoms. The lowest BCUT2D eigenvalue weighted by Crippen LogP contribution is -2.44.